The minimum Gasteiger partial charge on any atom is -0.356 e. The Bertz CT molecular complexity index is 577. The van der Waals surface area contributed by atoms with Gasteiger partial charge in [0.25, 0.3) is 0 Å². The molecule has 1 unspecified atom stereocenters. The highest BCUT2D eigenvalue weighted by Crippen LogP contribution is 2.07. The van der Waals surface area contributed by atoms with Gasteiger partial charge in [-0.25, -0.2) is 4.99 Å². The summed E-state index contributed by atoms with van der Waals surface area (Å²) in [5.74, 6) is 0.610. The number of benzene rings is 1. The van der Waals surface area contributed by atoms with Crippen LogP contribution in [0.25, 0.3) is 0 Å². The lowest BCUT2D eigenvalue weighted by molar-refractivity contribution is -0.127. The van der Waals surface area contributed by atoms with Crippen molar-refractivity contribution in [2.45, 2.75) is 25.9 Å². The van der Waals surface area contributed by atoms with E-state index in [9.17, 15) is 4.79 Å². The van der Waals surface area contributed by atoms with Gasteiger partial charge in [0.15, 0.2) is 5.96 Å². The number of amides is 1. The lowest BCUT2D eigenvalue weighted by Gasteiger charge is -2.25. The van der Waals surface area contributed by atoms with Crippen LogP contribution >= 0.6 is 24.0 Å². The molecule has 0 saturated carbocycles. The maximum atomic E-state index is 11.7. The third-order valence-corrected chi connectivity index (χ3v) is 4.17. The largest absolute Gasteiger partial charge is 0.356 e. The molecule has 2 N–H and O–H groups in total. The normalized spacial score (nSPS) is 12.1. The van der Waals surface area contributed by atoms with E-state index in [4.69, 9.17) is 0 Å². The highest BCUT2D eigenvalue weighted by atomic mass is 127. The summed E-state index contributed by atoms with van der Waals surface area (Å²) in [5, 5.41) is 6.44. The third kappa shape index (κ3) is 11.0. The number of nitrogens with one attached hydrogen (secondary N) is 2. The number of aliphatic imine (C=N–C) groups is 1. The number of likely N-dealkylation sites (N-methyl/N-ethyl adjacent to an activating group) is 1. The molecular formula is C20H34IN5O. The molecule has 0 fully saturated rings. The van der Waals surface area contributed by atoms with Crippen LogP contribution in [0.4, 0.5) is 0 Å². The zero-order chi connectivity index (χ0) is 19.4. The van der Waals surface area contributed by atoms with Gasteiger partial charge in [0.2, 0.25) is 5.91 Å². The molecule has 1 atom stereocenters. The van der Waals surface area contributed by atoms with E-state index in [-0.39, 0.29) is 36.4 Å². The first-order valence-electron chi connectivity index (χ1n) is 9.01. The van der Waals surface area contributed by atoms with Crippen LogP contribution < -0.4 is 10.6 Å². The summed E-state index contributed by atoms with van der Waals surface area (Å²) in [6.07, 6.45) is 2.74. The molecule has 0 bridgehead atoms. The first kappa shape index (κ1) is 25.4. The van der Waals surface area contributed by atoms with Crippen LogP contribution in [0.5, 0.6) is 0 Å². The van der Waals surface area contributed by atoms with Gasteiger partial charge in [-0.1, -0.05) is 36.4 Å². The number of hydrogen-bond acceptors (Lipinski definition) is 3. The van der Waals surface area contributed by atoms with Crippen molar-refractivity contribution in [3.63, 3.8) is 0 Å². The van der Waals surface area contributed by atoms with Gasteiger partial charge in [-0.05, 0) is 26.0 Å². The van der Waals surface area contributed by atoms with Gasteiger partial charge in [-0.2, -0.15) is 0 Å². The van der Waals surface area contributed by atoms with Crippen molar-refractivity contribution in [1.82, 2.24) is 20.4 Å². The van der Waals surface area contributed by atoms with Gasteiger partial charge in [-0.3, -0.25) is 9.69 Å². The topological polar surface area (TPSA) is 60.0 Å². The predicted octanol–water partition coefficient (Wildman–Crippen LogP) is 2.32. The van der Waals surface area contributed by atoms with Crippen LogP contribution in [-0.2, 0) is 11.3 Å². The molecule has 0 radical (unpaired) electrons. The van der Waals surface area contributed by atoms with E-state index in [1.807, 2.05) is 6.07 Å². The van der Waals surface area contributed by atoms with E-state index < -0.39 is 0 Å². The van der Waals surface area contributed by atoms with Crippen molar-refractivity contribution >= 4 is 35.8 Å². The fourth-order valence-electron chi connectivity index (χ4n) is 2.28. The van der Waals surface area contributed by atoms with Crippen molar-refractivity contribution in [3.8, 4) is 0 Å². The molecule has 1 amide bonds. The van der Waals surface area contributed by atoms with Gasteiger partial charge >= 0.3 is 0 Å². The molecule has 27 heavy (non-hydrogen) atoms. The summed E-state index contributed by atoms with van der Waals surface area (Å²) in [5.41, 5.74) is 1.31. The summed E-state index contributed by atoms with van der Waals surface area (Å²) < 4.78 is 0. The molecule has 1 aromatic rings. The zero-order valence-electron chi connectivity index (χ0n) is 16.9. The SMILES string of the molecule is C=CCNC(=NCC(=O)N(C)C)NCCC(C)N(C)Cc1ccccc1.I. The Hall–Kier alpha value is -1.61. The van der Waals surface area contributed by atoms with Crippen LogP contribution in [-0.4, -0.2) is 68.5 Å². The Morgan fingerprint density at radius 3 is 2.48 bits per heavy atom. The summed E-state index contributed by atoms with van der Waals surface area (Å²) in [7, 11) is 5.59. The molecule has 0 aromatic heterocycles. The molecule has 152 valence electrons. The smallest absolute Gasteiger partial charge is 0.243 e. The first-order valence-corrected chi connectivity index (χ1v) is 9.01. The van der Waals surface area contributed by atoms with Gasteiger partial charge in [0.05, 0.1) is 0 Å². The Labute approximate surface area is 181 Å². The number of nitrogens with zero attached hydrogens (tertiary/aromatic N) is 3. The fourth-order valence-corrected chi connectivity index (χ4v) is 2.28. The average molecular weight is 487 g/mol. The van der Waals surface area contributed by atoms with Crippen LogP contribution in [0.1, 0.15) is 18.9 Å². The van der Waals surface area contributed by atoms with Crippen LogP contribution in [0.2, 0.25) is 0 Å². The van der Waals surface area contributed by atoms with E-state index in [0.29, 0.717) is 18.5 Å². The summed E-state index contributed by atoms with van der Waals surface area (Å²) in [6.45, 7) is 8.35. The van der Waals surface area contributed by atoms with Crippen LogP contribution in [0.3, 0.4) is 0 Å². The second-order valence-corrected chi connectivity index (χ2v) is 6.59. The Morgan fingerprint density at radius 2 is 1.89 bits per heavy atom. The van der Waals surface area contributed by atoms with Gasteiger partial charge in [-0.15, -0.1) is 30.6 Å². The van der Waals surface area contributed by atoms with E-state index in [1.54, 1.807) is 20.2 Å². The molecule has 0 aliphatic rings. The van der Waals surface area contributed by atoms with Crippen molar-refractivity contribution < 1.29 is 4.79 Å². The van der Waals surface area contributed by atoms with Crippen molar-refractivity contribution in [2.75, 3.05) is 40.8 Å². The molecule has 0 saturated heterocycles. The molecular weight excluding hydrogens is 453 g/mol. The maximum Gasteiger partial charge on any atom is 0.243 e. The summed E-state index contributed by atoms with van der Waals surface area (Å²) >= 11 is 0. The third-order valence-electron chi connectivity index (χ3n) is 4.17. The maximum absolute atomic E-state index is 11.7. The van der Waals surface area contributed by atoms with Gasteiger partial charge < -0.3 is 15.5 Å². The average Bonchev–Trinajstić information content (AvgIpc) is 2.63. The Balaban J connectivity index is 0.00000676. The van der Waals surface area contributed by atoms with E-state index in [2.05, 4.69) is 65.3 Å². The van der Waals surface area contributed by atoms with Crippen molar-refractivity contribution in [1.29, 1.82) is 0 Å². The number of carbonyl (C=O) groups excluding carboxylic acids is 1. The molecule has 1 aromatic carbocycles. The number of hydrogen-bond donors (Lipinski definition) is 2. The highest BCUT2D eigenvalue weighted by molar-refractivity contribution is 14.0. The first-order chi connectivity index (χ1) is 12.4. The second-order valence-electron chi connectivity index (χ2n) is 6.59. The molecule has 0 spiro atoms. The highest BCUT2D eigenvalue weighted by Gasteiger charge is 2.10. The lowest BCUT2D eigenvalue weighted by Crippen LogP contribution is -2.41. The summed E-state index contributed by atoms with van der Waals surface area (Å²) in [4.78, 5) is 19.9. The van der Waals surface area contributed by atoms with Crippen molar-refractivity contribution in [2.24, 2.45) is 4.99 Å². The van der Waals surface area contributed by atoms with Gasteiger partial charge in [0.1, 0.15) is 6.54 Å². The minimum absolute atomic E-state index is 0. The fraction of sp³-hybridized carbons (Fsp3) is 0.500. The second kappa shape index (κ2) is 14.4. The molecule has 0 heterocycles. The minimum atomic E-state index is -0.0272. The molecule has 7 heteroatoms. The number of halogens is 1. The lowest BCUT2D eigenvalue weighted by atomic mass is 10.1. The number of rotatable bonds is 10. The summed E-state index contributed by atoms with van der Waals surface area (Å²) in [6, 6.07) is 10.9. The molecule has 6 nitrogen and oxygen atoms in total. The van der Waals surface area contributed by atoms with Crippen LogP contribution in [0.15, 0.2) is 48.0 Å². The number of guanidine groups is 1. The predicted molar refractivity (Wildman–Crippen MR) is 125 cm³/mol. The Kier molecular flexibility index (Phi) is 13.6. The van der Waals surface area contributed by atoms with Gasteiger partial charge in [0, 0.05) is 39.8 Å². The monoisotopic (exact) mass is 487 g/mol. The molecule has 1 rings (SSSR count). The van der Waals surface area contributed by atoms with E-state index >= 15 is 0 Å². The molecule has 0 aliphatic carbocycles. The standard InChI is InChI=1S/C20H33N5O.HI/c1-6-13-21-20(23-15-19(26)24(3)4)22-14-12-17(2)25(5)16-18-10-8-7-9-11-18;/h6-11,17H,1,12-16H2,2-5H3,(H2,21,22,23);1H. The van der Waals surface area contributed by atoms with E-state index in [1.165, 1.54) is 10.5 Å². The molecule has 0 aliphatic heterocycles. The number of carbonyl (C=O) groups is 1. The van der Waals surface area contributed by atoms with Crippen molar-refractivity contribution in [3.05, 3.63) is 48.6 Å². The Morgan fingerprint density at radius 1 is 1.22 bits per heavy atom. The zero-order valence-corrected chi connectivity index (χ0v) is 19.3. The van der Waals surface area contributed by atoms with Crippen LogP contribution in [0, 0.1) is 0 Å². The quantitative estimate of drug-likeness (QED) is 0.230. The van der Waals surface area contributed by atoms with E-state index in [0.717, 1.165) is 19.5 Å².